The molecule has 0 aliphatic heterocycles. The largest absolute Gasteiger partial charge is 0.338 e. The Kier molecular flexibility index (Phi) is 4.62. The minimum atomic E-state index is 0.481. The molecule has 0 aliphatic rings. The maximum atomic E-state index is 2.44. The molecule has 2 aromatic carbocycles. The smallest absolute Gasteiger partial charge is 0.0413 e. The van der Waals surface area contributed by atoms with E-state index in [0.29, 0.717) is 12.0 Å². The Balaban J connectivity index is 2.40. The van der Waals surface area contributed by atoms with Crippen LogP contribution in [0, 0.1) is 5.92 Å². The molecule has 2 atom stereocenters. The molecule has 0 bridgehead atoms. The van der Waals surface area contributed by atoms with Gasteiger partial charge in [-0.25, -0.2) is 0 Å². The lowest BCUT2D eigenvalue weighted by Gasteiger charge is -2.35. The van der Waals surface area contributed by atoms with E-state index in [1.54, 1.807) is 0 Å². The predicted octanol–water partition coefficient (Wildman–Crippen LogP) is 5.26. The van der Waals surface area contributed by atoms with Crippen LogP contribution in [0.15, 0.2) is 60.7 Å². The molecular weight excluding hydrogens is 230 g/mol. The molecule has 1 nitrogen and oxygen atoms in total. The summed E-state index contributed by atoms with van der Waals surface area (Å²) in [6, 6.07) is 21.8. The zero-order valence-electron chi connectivity index (χ0n) is 12.1. The van der Waals surface area contributed by atoms with Gasteiger partial charge in [-0.05, 0) is 37.1 Å². The number of para-hydroxylation sites is 2. The summed E-state index contributed by atoms with van der Waals surface area (Å²) in [5, 5.41) is 0. The Bertz CT molecular complexity index is 438. The first-order valence-corrected chi connectivity index (χ1v) is 7.13. The van der Waals surface area contributed by atoms with Gasteiger partial charge in [-0.15, -0.1) is 0 Å². The molecule has 2 aromatic rings. The van der Waals surface area contributed by atoms with Crippen LogP contribution in [0.5, 0.6) is 0 Å². The molecule has 0 N–H and O–H groups in total. The van der Waals surface area contributed by atoms with Crippen LogP contribution in [0.2, 0.25) is 0 Å². The molecule has 0 spiro atoms. The Morgan fingerprint density at radius 1 is 0.789 bits per heavy atom. The highest BCUT2D eigenvalue weighted by atomic mass is 15.2. The van der Waals surface area contributed by atoms with Gasteiger partial charge in [0.1, 0.15) is 0 Å². The topological polar surface area (TPSA) is 3.24 Å². The van der Waals surface area contributed by atoms with Crippen molar-refractivity contribution in [2.75, 3.05) is 4.90 Å². The standard InChI is InChI=1S/C18H23N/c1-4-15(2)16(3)19(17-11-7-5-8-12-17)18-13-9-6-10-14-18/h5-16H,4H2,1-3H3/t15-,16?/m1/s1. The Hall–Kier alpha value is -1.76. The lowest BCUT2D eigenvalue weighted by Crippen LogP contribution is -2.33. The second kappa shape index (κ2) is 6.42. The fraction of sp³-hybridized carbons (Fsp3) is 0.333. The van der Waals surface area contributed by atoms with Crippen LogP contribution < -0.4 is 4.90 Å². The van der Waals surface area contributed by atoms with Crippen LogP contribution in [-0.2, 0) is 0 Å². The third-order valence-electron chi connectivity index (χ3n) is 3.94. The summed E-state index contributed by atoms with van der Waals surface area (Å²) in [5.41, 5.74) is 2.53. The molecule has 0 heterocycles. The van der Waals surface area contributed by atoms with Crippen molar-refractivity contribution in [3.05, 3.63) is 60.7 Å². The molecule has 0 fully saturated rings. The van der Waals surface area contributed by atoms with Crippen molar-refractivity contribution >= 4 is 11.4 Å². The van der Waals surface area contributed by atoms with Crippen LogP contribution in [0.25, 0.3) is 0 Å². The normalized spacial score (nSPS) is 13.8. The molecule has 1 heteroatoms. The molecule has 19 heavy (non-hydrogen) atoms. The van der Waals surface area contributed by atoms with Gasteiger partial charge in [0.25, 0.3) is 0 Å². The van der Waals surface area contributed by atoms with E-state index in [0.717, 1.165) is 0 Å². The summed E-state index contributed by atoms with van der Waals surface area (Å²) in [6.45, 7) is 6.90. The average molecular weight is 253 g/mol. The third kappa shape index (κ3) is 3.17. The van der Waals surface area contributed by atoms with Crippen LogP contribution in [0.4, 0.5) is 11.4 Å². The third-order valence-corrected chi connectivity index (χ3v) is 3.94. The highest BCUT2D eigenvalue weighted by Crippen LogP contribution is 2.30. The summed E-state index contributed by atoms with van der Waals surface area (Å²) >= 11 is 0. The van der Waals surface area contributed by atoms with Gasteiger partial charge in [0, 0.05) is 17.4 Å². The number of anilines is 2. The number of rotatable bonds is 5. The van der Waals surface area contributed by atoms with E-state index in [-0.39, 0.29) is 0 Å². The molecule has 0 radical (unpaired) electrons. The van der Waals surface area contributed by atoms with Gasteiger partial charge in [0.2, 0.25) is 0 Å². The maximum absolute atomic E-state index is 2.44. The van der Waals surface area contributed by atoms with Crippen LogP contribution >= 0.6 is 0 Å². The van der Waals surface area contributed by atoms with Gasteiger partial charge in [0.05, 0.1) is 0 Å². The second-order valence-corrected chi connectivity index (χ2v) is 5.17. The summed E-state index contributed by atoms with van der Waals surface area (Å²) in [6.07, 6.45) is 1.19. The molecule has 1 unspecified atom stereocenters. The second-order valence-electron chi connectivity index (χ2n) is 5.17. The lowest BCUT2D eigenvalue weighted by atomic mass is 9.98. The minimum Gasteiger partial charge on any atom is -0.338 e. The number of hydrogen-bond donors (Lipinski definition) is 0. The summed E-state index contributed by atoms with van der Waals surface area (Å²) in [4.78, 5) is 2.44. The fourth-order valence-electron chi connectivity index (χ4n) is 2.39. The fourth-order valence-corrected chi connectivity index (χ4v) is 2.39. The molecule has 0 aliphatic carbocycles. The van der Waals surface area contributed by atoms with E-state index in [1.165, 1.54) is 17.8 Å². The number of nitrogens with zero attached hydrogens (tertiary/aromatic N) is 1. The van der Waals surface area contributed by atoms with Crippen molar-refractivity contribution in [3.8, 4) is 0 Å². The monoisotopic (exact) mass is 253 g/mol. The Labute approximate surface area is 116 Å². The van der Waals surface area contributed by atoms with Gasteiger partial charge in [0.15, 0.2) is 0 Å². The molecule has 2 rings (SSSR count). The van der Waals surface area contributed by atoms with Crippen molar-refractivity contribution in [2.24, 2.45) is 5.92 Å². The molecule has 100 valence electrons. The van der Waals surface area contributed by atoms with Crippen LogP contribution in [0.1, 0.15) is 27.2 Å². The Morgan fingerprint density at radius 2 is 1.21 bits per heavy atom. The molecule has 0 saturated carbocycles. The van der Waals surface area contributed by atoms with Gasteiger partial charge in [-0.1, -0.05) is 56.7 Å². The SMILES string of the molecule is CC[C@@H](C)C(C)N(c1ccccc1)c1ccccc1. The van der Waals surface area contributed by atoms with E-state index in [2.05, 4.69) is 86.3 Å². The summed E-state index contributed by atoms with van der Waals surface area (Å²) in [5.74, 6) is 0.653. The van der Waals surface area contributed by atoms with Crippen molar-refractivity contribution in [2.45, 2.75) is 33.2 Å². The van der Waals surface area contributed by atoms with Crippen molar-refractivity contribution < 1.29 is 0 Å². The number of hydrogen-bond acceptors (Lipinski definition) is 1. The highest BCUT2D eigenvalue weighted by molar-refractivity contribution is 5.63. The maximum Gasteiger partial charge on any atom is 0.0413 e. The summed E-state index contributed by atoms with van der Waals surface area (Å²) < 4.78 is 0. The lowest BCUT2D eigenvalue weighted by molar-refractivity contribution is 0.463. The van der Waals surface area contributed by atoms with Gasteiger partial charge in [-0.2, -0.15) is 0 Å². The van der Waals surface area contributed by atoms with Crippen molar-refractivity contribution in [1.82, 2.24) is 0 Å². The van der Waals surface area contributed by atoms with Crippen LogP contribution in [-0.4, -0.2) is 6.04 Å². The molecule has 0 amide bonds. The highest BCUT2D eigenvalue weighted by Gasteiger charge is 2.20. The molecule has 0 saturated heterocycles. The zero-order valence-corrected chi connectivity index (χ0v) is 12.1. The first-order chi connectivity index (χ1) is 9.24. The first kappa shape index (κ1) is 13.7. The van der Waals surface area contributed by atoms with E-state index >= 15 is 0 Å². The van der Waals surface area contributed by atoms with Crippen molar-refractivity contribution in [1.29, 1.82) is 0 Å². The van der Waals surface area contributed by atoms with E-state index < -0.39 is 0 Å². The quantitative estimate of drug-likeness (QED) is 0.702. The van der Waals surface area contributed by atoms with E-state index in [1.807, 2.05) is 0 Å². The first-order valence-electron chi connectivity index (χ1n) is 7.13. The van der Waals surface area contributed by atoms with Gasteiger partial charge >= 0.3 is 0 Å². The van der Waals surface area contributed by atoms with Crippen molar-refractivity contribution in [3.63, 3.8) is 0 Å². The average Bonchev–Trinajstić information content (AvgIpc) is 2.49. The van der Waals surface area contributed by atoms with Gasteiger partial charge < -0.3 is 4.90 Å². The van der Waals surface area contributed by atoms with Gasteiger partial charge in [-0.3, -0.25) is 0 Å². The number of benzene rings is 2. The van der Waals surface area contributed by atoms with Crippen LogP contribution in [0.3, 0.4) is 0 Å². The predicted molar refractivity (Wildman–Crippen MR) is 83.9 cm³/mol. The Morgan fingerprint density at radius 3 is 1.58 bits per heavy atom. The molecule has 0 aromatic heterocycles. The summed E-state index contributed by atoms with van der Waals surface area (Å²) in [7, 11) is 0. The molecular formula is C18H23N. The van der Waals surface area contributed by atoms with E-state index in [4.69, 9.17) is 0 Å². The van der Waals surface area contributed by atoms with E-state index in [9.17, 15) is 0 Å². The minimum absolute atomic E-state index is 0.481. The zero-order chi connectivity index (χ0) is 13.7.